The van der Waals surface area contributed by atoms with Crippen molar-refractivity contribution in [1.82, 2.24) is 14.5 Å². The van der Waals surface area contributed by atoms with Crippen LogP contribution in [0.5, 0.6) is 0 Å². The van der Waals surface area contributed by atoms with Crippen LogP contribution in [0.4, 0.5) is 0 Å². The van der Waals surface area contributed by atoms with Crippen LogP contribution < -0.4 is 5.56 Å². The fraction of sp³-hybridized carbons (Fsp3) is 0.500. The Morgan fingerprint density at radius 1 is 1.28 bits per heavy atom. The van der Waals surface area contributed by atoms with Gasteiger partial charge in [0, 0.05) is 13.1 Å². The second-order valence-electron chi connectivity index (χ2n) is 7.11. The van der Waals surface area contributed by atoms with E-state index in [9.17, 15) is 19.5 Å². The SMILES string of the molecule is COC(=O)c1ccc2c(=O)n(C[C@@H](C)O)c(SCC(=O)N3CCCCC3)nc2c1. The number of methoxy groups -OCH3 is 1. The van der Waals surface area contributed by atoms with Crippen LogP contribution >= 0.6 is 11.8 Å². The third-order valence-electron chi connectivity index (χ3n) is 4.82. The first-order chi connectivity index (χ1) is 13.9. The van der Waals surface area contributed by atoms with Crippen molar-refractivity contribution in [2.75, 3.05) is 26.0 Å². The smallest absolute Gasteiger partial charge is 0.337 e. The lowest BCUT2D eigenvalue weighted by Gasteiger charge is -2.26. The molecule has 1 atom stereocenters. The summed E-state index contributed by atoms with van der Waals surface area (Å²) in [7, 11) is 1.29. The molecule has 1 N–H and O–H groups in total. The van der Waals surface area contributed by atoms with E-state index in [2.05, 4.69) is 4.98 Å². The number of amides is 1. The Bertz CT molecular complexity index is 966. The van der Waals surface area contributed by atoms with Crippen molar-refractivity contribution in [3.63, 3.8) is 0 Å². The molecule has 2 aromatic rings. The van der Waals surface area contributed by atoms with E-state index in [0.29, 0.717) is 21.6 Å². The molecule has 0 spiro atoms. The summed E-state index contributed by atoms with van der Waals surface area (Å²) in [5.74, 6) is -0.346. The first-order valence-corrected chi connectivity index (χ1v) is 10.6. The number of rotatable bonds is 6. The zero-order valence-electron chi connectivity index (χ0n) is 16.6. The van der Waals surface area contributed by atoms with Crippen molar-refractivity contribution in [3.05, 3.63) is 34.1 Å². The Balaban J connectivity index is 1.94. The van der Waals surface area contributed by atoms with Crippen LogP contribution in [0, 0.1) is 0 Å². The first-order valence-electron chi connectivity index (χ1n) is 9.62. The van der Waals surface area contributed by atoms with Gasteiger partial charge >= 0.3 is 5.97 Å². The van der Waals surface area contributed by atoms with E-state index < -0.39 is 12.1 Å². The van der Waals surface area contributed by atoms with Crippen LogP contribution in [0.25, 0.3) is 10.9 Å². The summed E-state index contributed by atoms with van der Waals surface area (Å²) in [6.07, 6.45) is 2.40. The maximum Gasteiger partial charge on any atom is 0.337 e. The number of hydrogen-bond donors (Lipinski definition) is 1. The standard InChI is InChI=1S/C20H25N3O5S/c1-13(24)11-23-18(26)15-7-6-14(19(27)28-2)10-16(15)21-20(23)29-12-17(25)22-8-4-3-5-9-22/h6-7,10,13,24H,3-5,8-9,11-12H2,1-2H3/t13-/m1/s1. The number of thioether (sulfide) groups is 1. The van der Waals surface area contributed by atoms with Gasteiger partial charge in [-0.2, -0.15) is 0 Å². The molecule has 0 bridgehead atoms. The van der Waals surface area contributed by atoms with Crippen molar-refractivity contribution in [3.8, 4) is 0 Å². The highest BCUT2D eigenvalue weighted by Gasteiger charge is 2.20. The number of hydrogen-bond acceptors (Lipinski definition) is 7. The summed E-state index contributed by atoms with van der Waals surface area (Å²) in [4.78, 5) is 43.6. The number of esters is 1. The van der Waals surface area contributed by atoms with Gasteiger partial charge in [0.25, 0.3) is 5.56 Å². The number of fused-ring (bicyclic) bond motifs is 1. The second kappa shape index (κ2) is 9.41. The highest BCUT2D eigenvalue weighted by molar-refractivity contribution is 7.99. The Morgan fingerprint density at radius 2 is 2.00 bits per heavy atom. The molecule has 0 aliphatic carbocycles. The Kier molecular flexibility index (Phi) is 6.92. The third kappa shape index (κ3) is 4.97. The van der Waals surface area contributed by atoms with Gasteiger partial charge in [0.05, 0.1) is 42.0 Å². The Morgan fingerprint density at radius 3 is 2.66 bits per heavy atom. The van der Waals surface area contributed by atoms with Gasteiger partial charge in [0.1, 0.15) is 0 Å². The summed E-state index contributed by atoms with van der Waals surface area (Å²) >= 11 is 1.17. The normalized spacial score (nSPS) is 15.3. The van der Waals surface area contributed by atoms with Gasteiger partial charge in [-0.05, 0) is 44.4 Å². The average molecular weight is 420 g/mol. The van der Waals surface area contributed by atoms with Crippen molar-refractivity contribution < 1.29 is 19.4 Å². The molecule has 1 aromatic carbocycles. The van der Waals surface area contributed by atoms with Crippen LogP contribution in [0.1, 0.15) is 36.5 Å². The number of piperidine rings is 1. The molecule has 0 saturated carbocycles. The maximum atomic E-state index is 13.0. The predicted molar refractivity (Wildman–Crippen MR) is 110 cm³/mol. The Hall–Kier alpha value is -2.39. The van der Waals surface area contributed by atoms with Crippen molar-refractivity contribution in [2.24, 2.45) is 0 Å². The van der Waals surface area contributed by atoms with Gasteiger partial charge in [0.2, 0.25) is 5.91 Å². The van der Waals surface area contributed by atoms with Crippen LogP contribution in [-0.4, -0.2) is 63.5 Å². The fourth-order valence-electron chi connectivity index (χ4n) is 3.34. The van der Waals surface area contributed by atoms with Gasteiger partial charge in [-0.25, -0.2) is 9.78 Å². The molecular weight excluding hydrogens is 394 g/mol. The minimum Gasteiger partial charge on any atom is -0.465 e. The maximum absolute atomic E-state index is 13.0. The van der Waals surface area contributed by atoms with E-state index >= 15 is 0 Å². The largest absolute Gasteiger partial charge is 0.465 e. The van der Waals surface area contributed by atoms with E-state index in [1.807, 2.05) is 4.90 Å². The number of benzene rings is 1. The molecule has 0 unspecified atom stereocenters. The van der Waals surface area contributed by atoms with Gasteiger partial charge in [-0.1, -0.05) is 11.8 Å². The average Bonchev–Trinajstić information content (AvgIpc) is 2.73. The van der Waals surface area contributed by atoms with Crippen LogP contribution in [0.3, 0.4) is 0 Å². The lowest BCUT2D eigenvalue weighted by atomic mass is 10.1. The van der Waals surface area contributed by atoms with E-state index in [1.54, 1.807) is 6.92 Å². The first kappa shape index (κ1) is 21.3. The van der Waals surface area contributed by atoms with Crippen LogP contribution in [0.15, 0.2) is 28.2 Å². The van der Waals surface area contributed by atoms with Crippen molar-refractivity contribution >= 4 is 34.5 Å². The number of likely N-dealkylation sites (tertiary alicyclic amines) is 1. The molecule has 1 aliphatic rings. The molecule has 1 fully saturated rings. The fourth-order valence-corrected chi connectivity index (χ4v) is 4.25. The molecule has 3 rings (SSSR count). The summed E-state index contributed by atoms with van der Waals surface area (Å²) in [6, 6.07) is 4.55. The molecule has 1 aliphatic heterocycles. The predicted octanol–water partition coefficient (Wildman–Crippen LogP) is 1.67. The number of ether oxygens (including phenoxy) is 1. The third-order valence-corrected chi connectivity index (χ3v) is 5.78. The molecule has 2 heterocycles. The molecule has 1 aromatic heterocycles. The lowest BCUT2D eigenvalue weighted by Crippen LogP contribution is -2.37. The van der Waals surface area contributed by atoms with E-state index in [0.717, 1.165) is 32.4 Å². The highest BCUT2D eigenvalue weighted by atomic mass is 32.2. The number of aromatic nitrogens is 2. The molecule has 1 amide bonds. The summed E-state index contributed by atoms with van der Waals surface area (Å²) in [5, 5.41) is 10.5. The molecule has 1 saturated heterocycles. The Labute approximate surface area is 172 Å². The summed E-state index contributed by atoms with van der Waals surface area (Å²) in [5.41, 5.74) is 0.327. The molecule has 29 heavy (non-hydrogen) atoms. The number of carbonyl (C=O) groups is 2. The van der Waals surface area contributed by atoms with Gasteiger partial charge in [0.15, 0.2) is 5.16 Å². The van der Waals surface area contributed by atoms with Crippen molar-refractivity contribution in [1.29, 1.82) is 0 Å². The lowest BCUT2D eigenvalue weighted by molar-refractivity contribution is -0.129. The van der Waals surface area contributed by atoms with Gasteiger partial charge in [-0.3, -0.25) is 14.2 Å². The van der Waals surface area contributed by atoms with Gasteiger partial charge in [-0.15, -0.1) is 0 Å². The van der Waals surface area contributed by atoms with E-state index in [-0.39, 0.29) is 23.8 Å². The van der Waals surface area contributed by atoms with Gasteiger partial charge < -0.3 is 14.7 Å². The monoisotopic (exact) mass is 419 g/mol. The number of nitrogens with zero attached hydrogens (tertiary/aromatic N) is 3. The van der Waals surface area contributed by atoms with Crippen LogP contribution in [0.2, 0.25) is 0 Å². The molecule has 8 nitrogen and oxygen atoms in total. The van der Waals surface area contributed by atoms with Crippen molar-refractivity contribution in [2.45, 2.75) is 44.0 Å². The number of aliphatic hydroxyl groups is 1. The minimum atomic E-state index is -0.751. The second-order valence-corrected chi connectivity index (χ2v) is 8.06. The zero-order valence-corrected chi connectivity index (χ0v) is 17.4. The van der Waals surface area contributed by atoms with Crippen LogP contribution in [-0.2, 0) is 16.1 Å². The zero-order chi connectivity index (χ0) is 21.0. The number of carbonyl (C=O) groups excluding carboxylic acids is 2. The van der Waals surface area contributed by atoms with E-state index in [4.69, 9.17) is 4.74 Å². The molecular formula is C20H25N3O5S. The minimum absolute atomic E-state index is 0.0101. The van der Waals surface area contributed by atoms with E-state index in [1.165, 1.54) is 41.6 Å². The topological polar surface area (TPSA) is 102 Å². The number of aliphatic hydroxyl groups excluding tert-OH is 1. The summed E-state index contributed by atoms with van der Waals surface area (Å²) in [6.45, 7) is 3.17. The molecule has 9 heteroatoms. The summed E-state index contributed by atoms with van der Waals surface area (Å²) < 4.78 is 6.12. The molecule has 0 radical (unpaired) electrons. The highest BCUT2D eigenvalue weighted by Crippen LogP contribution is 2.21. The molecule has 156 valence electrons. The quantitative estimate of drug-likeness (QED) is 0.432.